The monoisotopic (exact) mass is 294 g/mol. The van der Waals surface area contributed by atoms with Gasteiger partial charge in [-0.05, 0) is 26.0 Å². The third-order valence-electron chi connectivity index (χ3n) is 2.88. The van der Waals surface area contributed by atoms with Crippen LogP contribution >= 0.6 is 0 Å². The highest BCUT2D eigenvalue weighted by Crippen LogP contribution is 2.20. The van der Waals surface area contributed by atoms with Gasteiger partial charge in [0.2, 0.25) is 10.0 Å². The van der Waals surface area contributed by atoms with E-state index in [1.54, 1.807) is 31.2 Å². The Labute approximate surface area is 120 Å². The van der Waals surface area contributed by atoms with E-state index in [1.165, 1.54) is 10.4 Å². The van der Waals surface area contributed by atoms with Gasteiger partial charge in [-0.1, -0.05) is 23.8 Å². The summed E-state index contributed by atoms with van der Waals surface area (Å²) in [4.78, 5) is 0.218. The van der Waals surface area contributed by atoms with E-state index >= 15 is 0 Å². The van der Waals surface area contributed by atoms with Gasteiger partial charge in [-0.15, -0.1) is 6.58 Å². The van der Waals surface area contributed by atoms with Gasteiger partial charge in [-0.3, -0.25) is 0 Å². The summed E-state index contributed by atoms with van der Waals surface area (Å²) >= 11 is 0. The molecule has 0 N–H and O–H groups in total. The number of nitrogens with zero attached hydrogens (tertiary/aromatic N) is 2. The Bertz CT molecular complexity index is 612. The fourth-order valence-electron chi connectivity index (χ4n) is 1.76. The molecular formula is C14H18N2O3S. The zero-order valence-corrected chi connectivity index (χ0v) is 12.4. The lowest BCUT2D eigenvalue weighted by Gasteiger charge is -2.25. The van der Waals surface area contributed by atoms with Crippen LogP contribution in [0.15, 0.2) is 41.8 Å². The van der Waals surface area contributed by atoms with Gasteiger partial charge in [-0.25, -0.2) is 8.42 Å². The highest BCUT2D eigenvalue weighted by Gasteiger charge is 2.28. The van der Waals surface area contributed by atoms with E-state index in [0.29, 0.717) is 0 Å². The molecule has 5 nitrogen and oxygen atoms in total. The summed E-state index contributed by atoms with van der Waals surface area (Å²) < 4.78 is 26.4. The van der Waals surface area contributed by atoms with E-state index in [9.17, 15) is 13.6 Å². The minimum absolute atomic E-state index is 0.141. The molecule has 0 spiro atoms. The normalized spacial score (nSPS) is 12.6. The third-order valence-corrected chi connectivity index (χ3v) is 4.87. The molecule has 0 saturated heterocycles. The second kappa shape index (κ2) is 7.08. The van der Waals surface area contributed by atoms with Crippen LogP contribution in [0.1, 0.15) is 18.9 Å². The molecule has 1 atom stereocenters. The fraction of sp³-hybridized carbons (Fsp3) is 0.357. The van der Waals surface area contributed by atoms with Gasteiger partial charge in [0.25, 0.3) is 6.07 Å². The molecule has 1 aromatic carbocycles. The minimum atomic E-state index is -3.63. The fourth-order valence-corrected chi connectivity index (χ4v) is 3.36. The van der Waals surface area contributed by atoms with Gasteiger partial charge in [-0.2, -0.15) is 4.31 Å². The maximum absolute atomic E-state index is 12.6. The SMILES string of the molecule is C=CCN(C(C)CC#[N+][O-])S(=O)(=O)c1ccc(C)cc1. The highest BCUT2D eigenvalue weighted by molar-refractivity contribution is 7.89. The Morgan fingerprint density at radius 2 is 2.05 bits per heavy atom. The first kappa shape index (κ1) is 16.2. The molecule has 108 valence electrons. The van der Waals surface area contributed by atoms with Crippen molar-refractivity contribution in [3.8, 4) is 6.07 Å². The van der Waals surface area contributed by atoms with Gasteiger partial charge >= 0.3 is 0 Å². The Kier molecular flexibility index (Phi) is 5.74. The van der Waals surface area contributed by atoms with Gasteiger partial charge in [0.15, 0.2) is 0 Å². The third kappa shape index (κ3) is 3.83. The van der Waals surface area contributed by atoms with Crippen LogP contribution in [0, 0.1) is 18.2 Å². The maximum Gasteiger partial charge on any atom is 0.300 e. The standard InChI is InChI=1S/C14H18N2O3S/c1-4-11-16(13(3)9-10-15-17)20(18,19)14-7-5-12(2)6-8-14/h4-8,13H,1,9,11H2,2-3H3. The second-order valence-corrected chi connectivity index (χ2v) is 6.37. The smallest absolute Gasteiger partial charge is 0.300 e. The number of rotatable bonds is 6. The molecule has 20 heavy (non-hydrogen) atoms. The van der Waals surface area contributed by atoms with E-state index in [1.807, 2.05) is 6.92 Å². The summed E-state index contributed by atoms with van der Waals surface area (Å²) in [6.07, 6.45) is 1.65. The van der Waals surface area contributed by atoms with Crippen molar-refractivity contribution in [3.63, 3.8) is 0 Å². The Balaban J connectivity index is 3.13. The average molecular weight is 294 g/mol. The highest BCUT2D eigenvalue weighted by atomic mass is 32.2. The van der Waals surface area contributed by atoms with Crippen LogP contribution in [0.5, 0.6) is 0 Å². The van der Waals surface area contributed by atoms with E-state index in [2.05, 4.69) is 17.7 Å². The Morgan fingerprint density at radius 1 is 1.45 bits per heavy atom. The Morgan fingerprint density at radius 3 is 2.55 bits per heavy atom. The molecule has 0 aliphatic heterocycles. The van der Waals surface area contributed by atoms with Crippen molar-refractivity contribution in [2.24, 2.45) is 0 Å². The van der Waals surface area contributed by atoms with Gasteiger partial charge in [0, 0.05) is 17.6 Å². The quantitative estimate of drug-likeness (QED) is 0.598. The zero-order chi connectivity index (χ0) is 15.2. The molecule has 0 aliphatic carbocycles. The van der Waals surface area contributed by atoms with Gasteiger partial charge in [0.05, 0.1) is 4.90 Å². The van der Waals surface area contributed by atoms with E-state index in [0.717, 1.165) is 5.56 Å². The number of hydrogen-bond donors (Lipinski definition) is 0. The molecule has 0 radical (unpaired) electrons. The molecule has 0 aromatic heterocycles. The Hall–Kier alpha value is -1.84. The molecule has 1 unspecified atom stereocenters. The van der Waals surface area contributed by atoms with Gasteiger partial charge in [0.1, 0.15) is 6.42 Å². The summed E-state index contributed by atoms with van der Waals surface area (Å²) in [5, 5.41) is 12.6. The van der Waals surface area contributed by atoms with Crippen LogP contribution in [0.4, 0.5) is 0 Å². The first-order valence-electron chi connectivity index (χ1n) is 6.18. The molecule has 1 rings (SSSR count). The van der Waals surface area contributed by atoms with Crippen LogP contribution in [-0.4, -0.2) is 25.3 Å². The molecule has 0 aliphatic rings. The first-order chi connectivity index (χ1) is 9.43. The van der Waals surface area contributed by atoms with Crippen molar-refractivity contribution in [1.82, 2.24) is 4.31 Å². The van der Waals surface area contributed by atoms with Gasteiger partial charge < -0.3 is 5.21 Å². The number of benzene rings is 1. The van der Waals surface area contributed by atoms with Crippen molar-refractivity contribution in [1.29, 1.82) is 0 Å². The molecule has 6 heteroatoms. The van der Waals surface area contributed by atoms with E-state index in [-0.39, 0.29) is 17.9 Å². The number of aryl methyl sites for hydroxylation is 1. The summed E-state index contributed by atoms with van der Waals surface area (Å²) in [6, 6.07) is 8.46. The molecule has 0 amide bonds. The summed E-state index contributed by atoms with van der Waals surface area (Å²) in [5.41, 5.74) is 0.985. The lowest BCUT2D eigenvalue weighted by atomic mass is 10.2. The summed E-state index contributed by atoms with van der Waals surface area (Å²) in [5.74, 6) is 0. The maximum atomic E-state index is 12.6. The van der Waals surface area contributed by atoms with Crippen LogP contribution in [0.25, 0.3) is 5.01 Å². The molecule has 0 bridgehead atoms. The molecule has 0 fully saturated rings. The molecular weight excluding hydrogens is 276 g/mol. The van der Waals surface area contributed by atoms with Crippen molar-refractivity contribution < 1.29 is 8.42 Å². The van der Waals surface area contributed by atoms with Crippen molar-refractivity contribution in [3.05, 3.63) is 52.7 Å². The zero-order valence-electron chi connectivity index (χ0n) is 11.6. The number of sulfonamides is 1. The van der Waals surface area contributed by atoms with E-state index in [4.69, 9.17) is 0 Å². The van der Waals surface area contributed by atoms with E-state index < -0.39 is 16.1 Å². The second-order valence-electron chi connectivity index (χ2n) is 4.48. The number of hydrogen-bond acceptors (Lipinski definition) is 3. The van der Waals surface area contributed by atoms with Crippen LogP contribution in [0.2, 0.25) is 0 Å². The molecule has 0 saturated carbocycles. The first-order valence-corrected chi connectivity index (χ1v) is 7.62. The summed E-state index contributed by atoms with van der Waals surface area (Å²) in [6.45, 7) is 7.33. The predicted octanol–water partition coefficient (Wildman–Crippen LogP) is 2.78. The lowest BCUT2D eigenvalue weighted by Crippen LogP contribution is -2.38. The van der Waals surface area contributed by atoms with Crippen molar-refractivity contribution in [2.75, 3.05) is 6.54 Å². The van der Waals surface area contributed by atoms with Crippen molar-refractivity contribution in [2.45, 2.75) is 31.2 Å². The lowest BCUT2D eigenvalue weighted by molar-refractivity contribution is 0.367. The van der Waals surface area contributed by atoms with Crippen LogP contribution < -0.4 is 0 Å². The minimum Gasteiger partial charge on any atom is -0.498 e. The summed E-state index contributed by atoms with van der Waals surface area (Å²) in [7, 11) is -3.63. The topological polar surface area (TPSA) is 64.8 Å². The van der Waals surface area contributed by atoms with Crippen molar-refractivity contribution >= 4 is 10.0 Å². The molecule has 0 heterocycles. The predicted molar refractivity (Wildman–Crippen MR) is 80.0 cm³/mol. The largest absolute Gasteiger partial charge is 0.498 e. The van der Waals surface area contributed by atoms with Crippen LogP contribution in [-0.2, 0) is 10.0 Å². The van der Waals surface area contributed by atoms with Crippen LogP contribution in [0.3, 0.4) is 0 Å². The molecule has 1 aromatic rings. The average Bonchev–Trinajstić information content (AvgIpc) is 2.42.